The van der Waals surface area contributed by atoms with Crippen molar-refractivity contribution in [2.75, 3.05) is 0 Å². The maximum absolute atomic E-state index is 12.7. The van der Waals surface area contributed by atoms with Crippen LogP contribution >= 0.6 is 0 Å². The van der Waals surface area contributed by atoms with Crippen LogP contribution in [0.3, 0.4) is 0 Å². The van der Waals surface area contributed by atoms with Gasteiger partial charge < -0.3 is 5.11 Å². The minimum Gasteiger partial charge on any atom is -0.507 e. The molecule has 0 fully saturated rings. The Morgan fingerprint density at radius 1 is 0.493 bits per heavy atom. The molecule has 8 aromatic carbocycles. The second-order valence-electron chi connectivity index (χ2n) is 21.6. The number of phenols is 1. The van der Waals surface area contributed by atoms with Gasteiger partial charge in [0.25, 0.3) is 0 Å². The molecule has 0 saturated heterocycles. The van der Waals surface area contributed by atoms with Gasteiger partial charge in [0, 0.05) is 32.6 Å². The van der Waals surface area contributed by atoms with Gasteiger partial charge in [-0.25, -0.2) is 4.98 Å². The predicted molar refractivity (Wildman–Crippen MR) is 299 cm³/mol. The second kappa shape index (κ2) is 18.2. The highest BCUT2D eigenvalue weighted by molar-refractivity contribution is 5.99. The smallest absolute Gasteiger partial charge is 0.149 e. The molecule has 352 valence electrons. The molecule has 0 amide bonds. The summed E-state index contributed by atoms with van der Waals surface area (Å²) in [5, 5.41) is 12.7. The Kier molecular flexibility index (Phi) is 9.97. The summed E-state index contributed by atoms with van der Waals surface area (Å²) in [6, 6.07) is 53.6. The van der Waals surface area contributed by atoms with Gasteiger partial charge in [-0.15, -0.1) is 0 Å². The van der Waals surface area contributed by atoms with E-state index >= 15 is 0 Å². The van der Waals surface area contributed by atoms with Gasteiger partial charge in [-0.1, -0.05) is 201 Å². The fourth-order valence-corrected chi connectivity index (χ4v) is 9.45. The number of phenolic OH excluding ortho intramolecular Hbond substituents is 1. The largest absolute Gasteiger partial charge is 0.507 e. The molecule has 2 heterocycles. The molecule has 10 rings (SSSR count). The summed E-state index contributed by atoms with van der Waals surface area (Å²) in [5.41, 5.74) is 13.9. The lowest BCUT2D eigenvalue weighted by molar-refractivity contribution is 0.446. The molecule has 1 N–H and O–H groups in total. The number of fused-ring (bicyclic) bond motifs is 1. The lowest BCUT2D eigenvalue weighted by Gasteiger charge is -2.27. The van der Waals surface area contributed by atoms with Crippen molar-refractivity contribution < 1.29 is 14.7 Å². The maximum Gasteiger partial charge on any atom is 0.149 e. The van der Waals surface area contributed by atoms with Crippen molar-refractivity contribution in [3.8, 4) is 89.7 Å². The Hall–Kier alpha value is -7.82. The van der Waals surface area contributed by atoms with Crippen molar-refractivity contribution in [3.05, 3.63) is 216 Å². The van der Waals surface area contributed by atoms with E-state index in [0.29, 0.717) is 33.7 Å². The summed E-state index contributed by atoms with van der Waals surface area (Å²) in [4.78, 5) is 10.5. The van der Waals surface area contributed by atoms with Crippen molar-refractivity contribution in [1.29, 1.82) is 0 Å². The van der Waals surface area contributed by atoms with E-state index in [-0.39, 0.29) is 22.1 Å². The molecule has 2 aromatic heterocycles. The van der Waals surface area contributed by atoms with Crippen molar-refractivity contribution >= 4 is 11.0 Å². The summed E-state index contributed by atoms with van der Waals surface area (Å²) in [6.45, 7) is 16.7. The van der Waals surface area contributed by atoms with E-state index < -0.39 is 42.0 Å². The first-order chi connectivity index (χ1) is 36.8. The number of hydrogen-bond acceptors (Lipinski definition) is 3. The molecule has 4 nitrogen and oxygen atoms in total. The summed E-state index contributed by atoms with van der Waals surface area (Å²) in [7, 11) is 0. The van der Waals surface area contributed by atoms with E-state index in [1.165, 1.54) is 5.56 Å². The molecule has 0 aliphatic heterocycles. The molecule has 0 radical (unpaired) electrons. The van der Waals surface area contributed by atoms with Crippen LogP contribution in [0.2, 0.25) is 0 Å². The highest BCUT2D eigenvalue weighted by Crippen LogP contribution is 2.46. The zero-order chi connectivity index (χ0) is 55.8. The van der Waals surface area contributed by atoms with Gasteiger partial charge in [-0.3, -0.25) is 9.55 Å². The third-order valence-corrected chi connectivity index (χ3v) is 13.4. The number of benzene rings is 8. The Labute approximate surface area is 430 Å². The van der Waals surface area contributed by atoms with Crippen molar-refractivity contribution in [1.82, 2.24) is 14.5 Å². The fraction of sp³-hybridized carbons (Fsp3) is 0.194. The third-order valence-electron chi connectivity index (χ3n) is 13.4. The first-order valence-electron chi connectivity index (χ1n) is 27.8. The number of rotatable bonds is 8. The normalized spacial score (nSPS) is 13.7. The molecule has 0 unspecified atom stereocenters. The Balaban J connectivity index is 1.26. The van der Waals surface area contributed by atoms with Crippen LogP contribution in [0, 0.1) is 6.85 Å². The van der Waals surface area contributed by atoms with Gasteiger partial charge in [0.1, 0.15) is 11.6 Å². The number of nitrogens with zero attached hydrogens (tertiary/aromatic N) is 3. The van der Waals surface area contributed by atoms with Gasteiger partial charge in [0.05, 0.1) is 33.5 Å². The minimum atomic E-state index is -2.84. The Morgan fingerprint density at radius 2 is 1.14 bits per heavy atom. The number of aromatic hydroxyl groups is 1. The Bertz CT molecular complexity index is 3940. The monoisotopic (exact) mass is 933 g/mol. The van der Waals surface area contributed by atoms with Crippen LogP contribution in [-0.2, 0) is 16.2 Å². The van der Waals surface area contributed by atoms with Crippen LogP contribution in [-0.4, -0.2) is 19.6 Å². The minimum absolute atomic E-state index is 0.00330. The molecular formula is C67H63N3O. The zero-order valence-electron chi connectivity index (χ0n) is 49.0. The van der Waals surface area contributed by atoms with Gasteiger partial charge in [-0.05, 0) is 133 Å². The van der Waals surface area contributed by atoms with Crippen LogP contribution in [0.4, 0.5) is 0 Å². The highest BCUT2D eigenvalue weighted by Gasteiger charge is 2.29. The van der Waals surface area contributed by atoms with Crippen LogP contribution in [0.5, 0.6) is 5.75 Å². The topological polar surface area (TPSA) is 50.9 Å². The van der Waals surface area contributed by atoms with Gasteiger partial charge >= 0.3 is 0 Å². The number of hydrogen-bond donors (Lipinski definition) is 1. The fourth-order valence-electron chi connectivity index (χ4n) is 9.45. The van der Waals surface area contributed by atoms with Crippen molar-refractivity contribution in [2.24, 2.45) is 0 Å². The SMILES string of the molecule is [2H]c1c([2H])c(-c2ccnc(-c3cc(-c4ccccc4)cc(-c4cccc5c4nc(-c4cc(C(C)(C)C)cc(C(C)(C)C)c4O)n5-c4ccc(-c5ccc(C(C)(C)C)cc5)cc4-c4ccccc4)c3)c2)c([2H])c(C([2H])([2H])[2H])c1[2H]. The highest BCUT2D eigenvalue weighted by atomic mass is 16.3. The molecule has 4 heteroatoms. The molecule has 0 bridgehead atoms. The number of aromatic nitrogens is 3. The molecular weight excluding hydrogens is 863 g/mol. The quantitative estimate of drug-likeness (QED) is 0.165. The van der Waals surface area contributed by atoms with Gasteiger partial charge in [0.2, 0.25) is 0 Å². The van der Waals surface area contributed by atoms with Crippen LogP contribution in [0.1, 0.15) is 94.2 Å². The van der Waals surface area contributed by atoms with E-state index in [9.17, 15) is 5.11 Å². The van der Waals surface area contributed by atoms with Crippen molar-refractivity contribution in [3.63, 3.8) is 0 Å². The lowest BCUT2D eigenvalue weighted by atomic mass is 9.79. The Morgan fingerprint density at radius 3 is 1.83 bits per heavy atom. The van der Waals surface area contributed by atoms with Crippen LogP contribution < -0.4 is 0 Å². The van der Waals surface area contributed by atoms with E-state index in [2.05, 4.69) is 164 Å². The van der Waals surface area contributed by atoms with Gasteiger partial charge in [-0.2, -0.15) is 0 Å². The summed E-state index contributed by atoms with van der Waals surface area (Å²) < 4.78 is 61.5. The van der Waals surface area contributed by atoms with E-state index in [1.54, 1.807) is 18.3 Å². The summed E-state index contributed by atoms with van der Waals surface area (Å²) in [6.07, 6.45) is 1.56. The first kappa shape index (κ1) is 39.0. The average molecular weight is 933 g/mol. The second-order valence-corrected chi connectivity index (χ2v) is 21.6. The molecule has 71 heavy (non-hydrogen) atoms. The van der Waals surface area contributed by atoms with E-state index in [1.807, 2.05) is 54.6 Å². The van der Waals surface area contributed by atoms with Gasteiger partial charge in [0.15, 0.2) is 0 Å². The molecule has 0 atom stereocenters. The number of pyridine rings is 1. The first-order valence-corrected chi connectivity index (χ1v) is 24.3. The summed E-state index contributed by atoms with van der Waals surface area (Å²) in [5.74, 6) is 0.735. The van der Waals surface area contributed by atoms with Crippen molar-refractivity contribution in [2.45, 2.75) is 85.4 Å². The molecule has 0 aliphatic rings. The number of para-hydroxylation sites is 1. The van der Waals surface area contributed by atoms with Crippen LogP contribution in [0.25, 0.3) is 95.0 Å². The molecule has 0 aliphatic carbocycles. The molecule has 10 aromatic rings. The predicted octanol–water partition coefficient (Wildman–Crippen LogP) is 18.0. The molecule has 0 saturated carbocycles. The van der Waals surface area contributed by atoms with E-state index in [4.69, 9.17) is 19.6 Å². The standard InChI is InChI=1S/C67H63N3O/c1-43-19-17-24-47(35-43)49-33-34-68-59(40-49)52-37-50(44-20-13-11-14-21-44)36-51(38-52)55-25-18-26-61-62(55)69-64(57-41-54(66(5,6)7)42-58(63(57)71)67(8,9)10)70(61)60-32-29-48(39-56(60)46-22-15-12-16-23-46)45-27-30-53(31-28-45)65(2,3)4/h11-42,71H,1-10H3/i1D3,17D,19D,24D,35D. The third kappa shape index (κ3) is 9.35. The lowest BCUT2D eigenvalue weighted by Crippen LogP contribution is -2.17. The van der Waals surface area contributed by atoms with E-state index in [0.717, 1.165) is 66.8 Å². The van der Waals surface area contributed by atoms with Crippen LogP contribution in [0.15, 0.2) is 194 Å². The molecule has 0 spiro atoms. The average Bonchev–Trinajstić information content (AvgIpc) is 3.83. The summed E-state index contributed by atoms with van der Waals surface area (Å²) >= 11 is 0. The number of imidazole rings is 1. The zero-order valence-corrected chi connectivity index (χ0v) is 42.0. The maximum atomic E-state index is 12.7.